The number of benzene rings is 1. The van der Waals surface area contributed by atoms with E-state index in [1.54, 1.807) is 12.1 Å². The first-order valence-corrected chi connectivity index (χ1v) is 6.61. The average Bonchev–Trinajstić information content (AvgIpc) is 3.07. The normalized spacial score (nSPS) is 17.8. The molecule has 2 nitrogen and oxygen atoms in total. The zero-order valence-electron chi connectivity index (χ0n) is 11.4. The van der Waals surface area contributed by atoms with E-state index >= 15 is 0 Å². The third-order valence-corrected chi connectivity index (χ3v) is 2.91. The van der Waals surface area contributed by atoms with Crippen LogP contribution in [0.5, 0.6) is 0 Å². The molecule has 1 aromatic carbocycles. The van der Waals surface area contributed by atoms with Gasteiger partial charge in [-0.3, -0.25) is 0 Å². The highest BCUT2D eigenvalue weighted by molar-refractivity contribution is 5.19. The number of halogens is 1. The van der Waals surface area contributed by atoms with Crippen LogP contribution in [0.2, 0.25) is 0 Å². The molecule has 2 rings (SSSR count). The van der Waals surface area contributed by atoms with Gasteiger partial charge in [-0.05, 0) is 51.3 Å². The molecule has 1 saturated carbocycles. The van der Waals surface area contributed by atoms with Crippen molar-refractivity contribution in [1.82, 2.24) is 5.32 Å². The summed E-state index contributed by atoms with van der Waals surface area (Å²) in [7, 11) is 0. The van der Waals surface area contributed by atoms with Crippen LogP contribution in [-0.4, -0.2) is 18.2 Å². The van der Waals surface area contributed by atoms with Crippen molar-refractivity contribution < 1.29 is 9.13 Å². The Morgan fingerprint density at radius 2 is 1.89 bits per heavy atom. The quantitative estimate of drug-likeness (QED) is 0.865. The Kier molecular flexibility index (Phi) is 4.03. The Morgan fingerprint density at radius 1 is 1.28 bits per heavy atom. The van der Waals surface area contributed by atoms with E-state index in [-0.39, 0.29) is 17.5 Å². The Bertz CT molecular complexity index is 378. The molecule has 0 aromatic heterocycles. The lowest BCUT2D eigenvalue weighted by molar-refractivity contribution is -0.0607. The molecule has 0 bridgehead atoms. The first-order valence-electron chi connectivity index (χ1n) is 6.61. The van der Waals surface area contributed by atoms with Crippen LogP contribution >= 0.6 is 0 Å². The standard InChI is InChI=1S/C15H22FNO/c1-15(2,3)18-14(10-17-13-8-9-13)11-4-6-12(16)7-5-11/h4-7,13-14,17H,8-10H2,1-3H3. The minimum atomic E-state index is -0.205. The number of rotatable bonds is 5. The fourth-order valence-electron chi connectivity index (χ4n) is 1.89. The van der Waals surface area contributed by atoms with Crippen LogP contribution in [0.15, 0.2) is 24.3 Å². The van der Waals surface area contributed by atoms with Crippen LogP contribution in [0, 0.1) is 5.82 Å². The molecule has 0 radical (unpaired) electrons. The lowest BCUT2D eigenvalue weighted by atomic mass is 10.1. The van der Waals surface area contributed by atoms with Crippen molar-refractivity contribution in [2.75, 3.05) is 6.54 Å². The van der Waals surface area contributed by atoms with Gasteiger partial charge in [-0.1, -0.05) is 12.1 Å². The molecule has 1 aliphatic rings. The second kappa shape index (κ2) is 5.37. The maximum absolute atomic E-state index is 13.0. The van der Waals surface area contributed by atoms with Gasteiger partial charge < -0.3 is 10.1 Å². The fraction of sp³-hybridized carbons (Fsp3) is 0.600. The molecule has 0 spiro atoms. The molecule has 18 heavy (non-hydrogen) atoms. The lowest BCUT2D eigenvalue weighted by Gasteiger charge is -2.28. The van der Waals surface area contributed by atoms with E-state index in [2.05, 4.69) is 5.32 Å². The summed E-state index contributed by atoms with van der Waals surface area (Å²) in [5, 5.41) is 3.47. The number of nitrogens with one attached hydrogen (secondary N) is 1. The van der Waals surface area contributed by atoms with Crippen molar-refractivity contribution in [3.05, 3.63) is 35.6 Å². The van der Waals surface area contributed by atoms with Gasteiger partial charge in [0, 0.05) is 12.6 Å². The second-order valence-corrected chi connectivity index (χ2v) is 5.95. The van der Waals surface area contributed by atoms with E-state index in [1.165, 1.54) is 25.0 Å². The molecule has 0 heterocycles. The maximum Gasteiger partial charge on any atom is 0.123 e. The highest BCUT2D eigenvalue weighted by Gasteiger charge is 2.25. The minimum Gasteiger partial charge on any atom is -0.367 e. The van der Waals surface area contributed by atoms with Gasteiger partial charge >= 0.3 is 0 Å². The van der Waals surface area contributed by atoms with Gasteiger partial charge in [0.1, 0.15) is 5.82 Å². The van der Waals surface area contributed by atoms with Crippen molar-refractivity contribution >= 4 is 0 Å². The van der Waals surface area contributed by atoms with E-state index in [0.29, 0.717) is 6.04 Å². The summed E-state index contributed by atoms with van der Waals surface area (Å²) in [6.07, 6.45) is 2.49. The van der Waals surface area contributed by atoms with Crippen molar-refractivity contribution in [1.29, 1.82) is 0 Å². The SMILES string of the molecule is CC(C)(C)OC(CNC1CC1)c1ccc(F)cc1. The highest BCUT2D eigenvalue weighted by atomic mass is 19.1. The van der Waals surface area contributed by atoms with Gasteiger partial charge in [-0.15, -0.1) is 0 Å². The Balaban J connectivity index is 2.03. The van der Waals surface area contributed by atoms with Crippen molar-refractivity contribution in [2.24, 2.45) is 0 Å². The molecule has 100 valence electrons. The predicted octanol–water partition coefficient (Wildman–Crippen LogP) is 3.43. The van der Waals surface area contributed by atoms with Crippen LogP contribution < -0.4 is 5.32 Å². The van der Waals surface area contributed by atoms with E-state index in [4.69, 9.17) is 4.74 Å². The molecule has 1 atom stereocenters. The van der Waals surface area contributed by atoms with Crippen LogP contribution in [0.4, 0.5) is 4.39 Å². The van der Waals surface area contributed by atoms with Gasteiger partial charge in [0.25, 0.3) is 0 Å². The Morgan fingerprint density at radius 3 is 2.39 bits per heavy atom. The van der Waals surface area contributed by atoms with Crippen molar-refractivity contribution in [2.45, 2.75) is 51.4 Å². The molecule has 1 fully saturated rings. The second-order valence-electron chi connectivity index (χ2n) is 5.95. The van der Waals surface area contributed by atoms with Gasteiger partial charge in [0.2, 0.25) is 0 Å². The monoisotopic (exact) mass is 251 g/mol. The Labute approximate surface area is 109 Å². The first-order chi connectivity index (χ1) is 8.44. The van der Waals surface area contributed by atoms with Gasteiger partial charge in [-0.2, -0.15) is 0 Å². The van der Waals surface area contributed by atoms with Gasteiger partial charge in [0.15, 0.2) is 0 Å². The minimum absolute atomic E-state index is 0.0220. The zero-order valence-corrected chi connectivity index (χ0v) is 11.4. The van der Waals surface area contributed by atoms with E-state index in [0.717, 1.165) is 12.1 Å². The molecular weight excluding hydrogens is 229 g/mol. The van der Waals surface area contributed by atoms with E-state index in [1.807, 2.05) is 20.8 Å². The third-order valence-electron chi connectivity index (χ3n) is 2.91. The third kappa shape index (κ3) is 4.39. The molecule has 1 N–H and O–H groups in total. The van der Waals surface area contributed by atoms with E-state index < -0.39 is 0 Å². The summed E-state index contributed by atoms with van der Waals surface area (Å²) in [5.74, 6) is -0.205. The molecule has 0 aliphatic heterocycles. The number of ether oxygens (including phenoxy) is 1. The van der Waals surface area contributed by atoms with E-state index in [9.17, 15) is 4.39 Å². The number of hydrogen-bond acceptors (Lipinski definition) is 2. The topological polar surface area (TPSA) is 21.3 Å². The molecule has 0 amide bonds. The molecule has 1 aromatic rings. The first kappa shape index (κ1) is 13.5. The Hall–Kier alpha value is -0.930. The summed E-state index contributed by atoms with van der Waals surface area (Å²) in [6.45, 7) is 6.91. The predicted molar refractivity (Wildman–Crippen MR) is 71.0 cm³/mol. The zero-order chi connectivity index (χ0) is 13.2. The van der Waals surface area contributed by atoms with Crippen LogP contribution in [-0.2, 0) is 4.74 Å². The van der Waals surface area contributed by atoms with Gasteiger partial charge in [0.05, 0.1) is 11.7 Å². The summed E-state index contributed by atoms with van der Waals surface area (Å²) in [6, 6.07) is 7.24. The summed E-state index contributed by atoms with van der Waals surface area (Å²) in [4.78, 5) is 0. The lowest BCUT2D eigenvalue weighted by Crippen LogP contribution is -2.31. The molecule has 1 unspecified atom stereocenters. The molecule has 1 aliphatic carbocycles. The summed E-state index contributed by atoms with van der Waals surface area (Å²) in [5.41, 5.74) is 0.823. The van der Waals surface area contributed by atoms with Crippen LogP contribution in [0.1, 0.15) is 45.3 Å². The van der Waals surface area contributed by atoms with Crippen LogP contribution in [0.25, 0.3) is 0 Å². The molecule has 0 saturated heterocycles. The summed E-state index contributed by atoms with van der Waals surface area (Å²) >= 11 is 0. The largest absolute Gasteiger partial charge is 0.367 e. The fourth-order valence-corrected chi connectivity index (χ4v) is 1.89. The molecule has 3 heteroatoms. The van der Waals surface area contributed by atoms with Crippen LogP contribution in [0.3, 0.4) is 0 Å². The van der Waals surface area contributed by atoms with Gasteiger partial charge in [-0.25, -0.2) is 4.39 Å². The smallest absolute Gasteiger partial charge is 0.123 e. The van der Waals surface area contributed by atoms with Crippen molar-refractivity contribution in [3.8, 4) is 0 Å². The number of hydrogen-bond donors (Lipinski definition) is 1. The highest BCUT2D eigenvalue weighted by Crippen LogP contribution is 2.26. The average molecular weight is 251 g/mol. The summed E-state index contributed by atoms with van der Waals surface area (Å²) < 4.78 is 19.0. The van der Waals surface area contributed by atoms with Crippen molar-refractivity contribution in [3.63, 3.8) is 0 Å². The molecular formula is C15H22FNO. The maximum atomic E-state index is 13.0.